The van der Waals surface area contributed by atoms with Crippen LogP contribution in [0.1, 0.15) is 71.3 Å². The van der Waals surface area contributed by atoms with Gasteiger partial charge < -0.3 is 0 Å². The number of hydrogen-bond acceptors (Lipinski definition) is 5. The Kier molecular flexibility index (Phi) is 18.6. The molecule has 0 bridgehead atoms. The lowest BCUT2D eigenvalue weighted by molar-refractivity contribution is -0.631. The molecule has 9 heteroatoms. The summed E-state index contributed by atoms with van der Waals surface area (Å²) >= 11 is 7.26. The molecule has 0 aliphatic heterocycles. The van der Waals surface area contributed by atoms with Crippen LogP contribution in [0.3, 0.4) is 0 Å². The lowest BCUT2D eigenvalue weighted by Crippen LogP contribution is -2.31. The van der Waals surface area contributed by atoms with Crippen molar-refractivity contribution in [2.24, 2.45) is 28.2 Å². The number of hydrogen-bond donors (Lipinski definition) is 0. The van der Waals surface area contributed by atoms with Crippen molar-refractivity contribution in [1.29, 1.82) is 0 Å². The second-order valence-corrected chi connectivity index (χ2v) is 30.7. The molecule has 0 N–H and O–H groups in total. The third kappa shape index (κ3) is 12.9. The quantitative estimate of drug-likeness (QED) is 0.161. The summed E-state index contributed by atoms with van der Waals surface area (Å²) in [5.74, 6) is 0. The maximum atomic E-state index is 7.65. The Morgan fingerprint density at radius 2 is 0.689 bits per heavy atom. The van der Waals surface area contributed by atoms with Gasteiger partial charge in [0.25, 0.3) is 19.3 Å². The van der Waals surface area contributed by atoms with Crippen LogP contribution in [0.2, 0.25) is 0 Å². The number of fused-ring (bicyclic) bond motifs is 18. The Morgan fingerprint density at radius 1 is 0.283 bits per heavy atom. The lowest BCUT2D eigenvalue weighted by Gasteiger charge is -2.06. The number of benzene rings is 11. The zero-order chi connectivity index (χ0) is 74.6. The Morgan fingerprint density at radius 3 is 1.25 bits per heavy atom. The summed E-state index contributed by atoms with van der Waals surface area (Å²) in [4.78, 5) is 10.9. The number of thiophene rings is 4. The molecular formula is C97H91N5S4+4. The first-order valence-electron chi connectivity index (χ1n) is 37.3. The van der Waals surface area contributed by atoms with E-state index in [1.807, 2.05) is 66.9 Å². The predicted molar refractivity (Wildman–Crippen MR) is 467 cm³/mol. The zero-order valence-electron chi connectivity index (χ0n) is 63.8. The summed E-state index contributed by atoms with van der Waals surface area (Å²) < 4.78 is 59.0. The number of rotatable bonds is 4. The van der Waals surface area contributed by atoms with Gasteiger partial charge in [-0.05, 0) is 186 Å². The van der Waals surface area contributed by atoms with Crippen molar-refractivity contribution in [1.82, 2.24) is 4.98 Å². The smallest absolute Gasteiger partial charge is 0.237 e. The second kappa shape index (κ2) is 29.9. The first kappa shape index (κ1) is 65.8. The molecule has 0 aliphatic rings. The minimum atomic E-state index is -2.09. The molecular weight excluding hydrogens is 1360 g/mol. The molecule has 20 aromatic rings. The molecule has 0 amide bonds. The van der Waals surface area contributed by atoms with Crippen molar-refractivity contribution in [2.75, 3.05) is 0 Å². The van der Waals surface area contributed by atoms with Crippen molar-refractivity contribution >= 4 is 170 Å². The molecule has 20 rings (SSSR count). The monoisotopic (exact) mass is 1460 g/mol. The molecule has 524 valence electrons. The van der Waals surface area contributed by atoms with Gasteiger partial charge in [-0.2, -0.15) is 18.3 Å². The molecule has 9 heterocycles. The van der Waals surface area contributed by atoms with E-state index in [9.17, 15) is 0 Å². The molecule has 9 aromatic heterocycles. The first-order chi connectivity index (χ1) is 52.1. The second-order valence-electron chi connectivity index (χ2n) is 26.6. The van der Waals surface area contributed by atoms with Crippen molar-refractivity contribution in [2.45, 2.75) is 71.1 Å². The van der Waals surface area contributed by atoms with E-state index in [1.165, 1.54) is 138 Å². The molecule has 0 aliphatic carbocycles. The van der Waals surface area contributed by atoms with Gasteiger partial charge in [0.05, 0.1) is 27.1 Å². The van der Waals surface area contributed by atoms with Crippen LogP contribution in [0.4, 0.5) is 0 Å². The largest absolute Gasteiger partial charge is 0.271 e. The Bertz CT molecular complexity index is 6770. The van der Waals surface area contributed by atoms with Crippen LogP contribution in [0, 0.1) is 41.4 Å². The van der Waals surface area contributed by atoms with Crippen molar-refractivity contribution in [3.63, 3.8) is 0 Å². The van der Waals surface area contributed by atoms with Crippen LogP contribution >= 0.6 is 45.3 Å². The first-order valence-corrected chi connectivity index (χ1v) is 37.6. The average Bonchev–Trinajstić information content (AvgIpc) is 1.60. The van der Waals surface area contributed by atoms with Gasteiger partial charge in [-0.25, -0.2) is 4.98 Å². The highest BCUT2D eigenvalue weighted by atomic mass is 32.1. The zero-order valence-corrected chi connectivity index (χ0v) is 61.1. The van der Waals surface area contributed by atoms with Gasteiger partial charge in [0, 0.05) is 95.8 Å². The molecule has 0 saturated heterocycles. The summed E-state index contributed by atoms with van der Waals surface area (Å²) in [7, 11) is 8.51. The van der Waals surface area contributed by atoms with E-state index in [2.05, 4.69) is 279 Å². The van der Waals surface area contributed by atoms with Crippen LogP contribution in [-0.2, 0) is 28.2 Å². The van der Waals surface area contributed by atoms with Gasteiger partial charge in [0.1, 0.15) is 33.0 Å². The Hall–Kier alpha value is -10.9. The summed E-state index contributed by atoms with van der Waals surface area (Å²) in [5.41, 5.74) is 15.7. The third-order valence-electron chi connectivity index (χ3n) is 20.3. The van der Waals surface area contributed by atoms with Crippen LogP contribution in [0.15, 0.2) is 273 Å². The number of aromatic nitrogens is 5. The fraction of sp³-hybridized carbons (Fsp3) is 0.144. The van der Waals surface area contributed by atoms with E-state index >= 15 is 0 Å². The molecule has 0 fully saturated rings. The van der Waals surface area contributed by atoms with E-state index in [-0.39, 0.29) is 29.7 Å². The molecule has 5 nitrogen and oxygen atoms in total. The minimum Gasteiger partial charge on any atom is -0.237 e. The molecule has 0 saturated carbocycles. The standard InChI is InChI=1S/C24H20NS.C23H19N2S.2C23H18NS.4CH4/c1-15-8-9-19(16(2)12-15)22-11-10-20-21-13-17-6-4-5-7-18(17)14-23(21)26-24(20)25(22)3;1-14-8-9-17(15(2)12-14)21-11-10-18-19-13-16-6-4-5-7-20(16)24-22(19)26-23(18)25(21)3;1-15-7-3-5-9-17(15)20-13-12-19-22-18-10-6-4-8-16(18)11-14-21(22)25-23(19)24(20)2;1-15-7-3-5-9-17(15)21-14-13-20-19-12-11-16-8-4-6-10-18(16)22(19)25-23(20)24(21)2;;;;/h4-14H,1-3H3;4-13H,1-3H3;2*3-14H,1-2H3;4*1H4/q4*+1;;;;/i2*1D3;;;;;;. The normalized spacial score (nSPS) is 12.3. The maximum Gasteiger partial charge on any atom is 0.271 e. The highest BCUT2D eigenvalue weighted by Crippen LogP contribution is 2.42. The molecule has 0 unspecified atom stereocenters. The van der Waals surface area contributed by atoms with Gasteiger partial charge in [-0.3, -0.25) is 0 Å². The van der Waals surface area contributed by atoms with Crippen LogP contribution in [0.5, 0.6) is 0 Å². The van der Waals surface area contributed by atoms with Crippen molar-refractivity contribution in [3.05, 3.63) is 306 Å². The molecule has 0 spiro atoms. The summed E-state index contributed by atoms with van der Waals surface area (Å²) in [5, 5.41) is 19.2. The van der Waals surface area contributed by atoms with Gasteiger partial charge in [-0.1, -0.05) is 245 Å². The highest BCUT2D eigenvalue weighted by Gasteiger charge is 2.25. The Labute approximate surface area is 647 Å². The van der Waals surface area contributed by atoms with Gasteiger partial charge in [0.2, 0.25) is 22.8 Å². The fourth-order valence-electron chi connectivity index (χ4n) is 15.0. The topological polar surface area (TPSA) is 28.4 Å². The van der Waals surface area contributed by atoms with Crippen molar-refractivity contribution in [3.8, 4) is 45.0 Å². The third-order valence-corrected chi connectivity index (χ3v) is 25.3. The average molecular weight is 1460 g/mol. The number of aryl methyl sites for hydroxylation is 10. The summed E-state index contributed by atoms with van der Waals surface area (Å²) in [6.07, 6.45) is 0. The van der Waals surface area contributed by atoms with Gasteiger partial charge >= 0.3 is 0 Å². The van der Waals surface area contributed by atoms with Crippen LogP contribution < -0.4 is 18.3 Å². The molecule has 11 aromatic carbocycles. The fourth-order valence-corrected chi connectivity index (χ4v) is 19.8. The number of para-hydroxylation sites is 1. The van der Waals surface area contributed by atoms with Crippen LogP contribution in [0.25, 0.3) is 170 Å². The number of nitrogens with zero attached hydrogens (tertiary/aromatic N) is 5. The van der Waals surface area contributed by atoms with Gasteiger partial charge in [-0.15, -0.1) is 0 Å². The predicted octanol–water partition coefficient (Wildman–Crippen LogP) is 26.6. The minimum absolute atomic E-state index is 0. The summed E-state index contributed by atoms with van der Waals surface area (Å²) in [6.45, 7) is 4.13. The Balaban J connectivity index is 0.000000129. The molecule has 106 heavy (non-hydrogen) atoms. The highest BCUT2D eigenvalue weighted by molar-refractivity contribution is 7.26. The number of pyridine rings is 5. The van der Waals surface area contributed by atoms with E-state index in [4.69, 9.17) is 13.2 Å². The SMILES string of the molecule is C.C.C.C.Cc1ccccc1-c1ccc2c3c(ccc4ccccc43)sc2[n+]1C.Cc1ccccc1-c1ccc2c3ccc4ccccc4c3sc2[n+]1C.[2H]C([2H])([2H])c1ccc(-c2ccc3c4cc5ccccc5cc4sc3[n+]2C)c(C)c1.[2H]C([2H])([2H])c1ccc(-c2ccc3c4cc5ccccc5nc4sc3[n+]2C)c(C)c1. The van der Waals surface area contributed by atoms with E-state index in [0.717, 1.165) is 54.2 Å². The van der Waals surface area contributed by atoms with Crippen LogP contribution in [-0.4, -0.2) is 4.98 Å². The van der Waals surface area contributed by atoms with E-state index in [0.29, 0.717) is 11.1 Å². The summed E-state index contributed by atoms with van der Waals surface area (Å²) in [6, 6.07) is 95.4. The maximum absolute atomic E-state index is 7.65. The molecule has 0 radical (unpaired) electrons. The lowest BCUT2D eigenvalue weighted by atomic mass is 10.0. The molecule has 0 atom stereocenters. The van der Waals surface area contributed by atoms with Crippen molar-refractivity contribution < 1.29 is 26.5 Å². The van der Waals surface area contributed by atoms with E-state index in [1.54, 1.807) is 46.9 Å². The van der Waals surface area contributed by atoms with Gasteiger partial charge in [0.15, 0.2) is 0 Å². The van der Waals surface area contributed by atoms with E-state index < -0.39 is 13.7 Å².